The van der Waals surface area contributed by atoms with Crippen molar-refractivity contribution in [2.75, 3.05) is 19.8 Å². The number of amides is 1. The summed E-state index contributed by atoms with van der Waals surface area (Å²) in [6.45, 7) is 2.92. The highest BCUT2D eigenvalue weighted by Crippen LogP contribution is 2.44. The summed E-state index contributed by atoms with van der Waals surface area (Å²) >= 11 is 0. The van der Waals surface area contributed by atoms with Gasteiger partial charge in [-0.3, -0.25) is 9.69 Å². The van der Waals surface area contributed by atoms with Gasteiger partial charge in [0.2, 0.25) is 0 Å². The molecule has 2 saturated heterocycles. The van der Waals surface area contributed by atoms with Crippen LogP contribution < -0.4 is 0 Å². The SMILES string of the molecule is Cc1cc(C(=O)C2CC3COCC(C2)N3C(=O)OCC2c3ccccc3-c3ccccc32)ccc1C#N. The van der Waals surface area contributed by atoms with Crippen LogP contribution in [0.4, 0.5) is 4.79 Å². The lowest BCUT2D eigenvalue weighted by Crippen LogP contribution is -2.60. The Kier molecular flexibility index (Phi) is 6.02. The molecule has 2 heterocycles. The quantitative estimate of drug-likeness (QED) is 0.451. The lowest BCUT2D eigenvalue weighted by Gasteiger charge is -2.47. The molecular formula is C31H28N2O4. The molecule has 2 bridgehead atoms. The van der Waals surface area contributed by atoms with Crippen LogP contribution in [0.1, 0.15) is 51.4 Å². The van der Waals surface area contributed by atoms with Gasteiger partial charge in [0.25, 0.3) is 0 Å². The van der Waals surface area contributed by atoms with Crippen molar-refractivity contribution in [2.45, 2.75) is 37.8 Å². The van der Waals surface area contributed by atoms with Crippen LogP contribution in [0.15, 0.2) is 66.7 Å². The van der Waals surface area contributed by atoms with E-state index in [-0.39, 0.29) is 42.4 Å². The minimum absolute atomic E-state index is 0.00572. The van der Waals surface area contributed by atoms with Gasteiger partial charge in [-0.25, -0.2) is 4.79 Å². The molecule has 186 valence electrons. The van der Waals surface area contributed by atoms with Crippen LogP contribution in [0.2, 0.25) is 0 Å². The van der Waals surface area contributed by atoms with E-state index in [9.17, 15) is 14.9 Å². The van der Waals surface area contributed by atoms with E-state index >= 15 is 0 Å². The van der Waals surface area contributed by atoms with Gasteiger partial charge in [0.15, 0.2) is 5.78 Å². The van der Waals surface area contributed by atoms with Crippen molar-refractivity contribution >= 4 is 11.9 Å². The Morgan fingerprint density at radius 1 is 0.973 bits per heavy atom. The third-order valence-electron chi connectivity index (χ3n) is 8.07. The molecular weight excluding hydrogens is 464 g/mol. The van der Waals surface area contributed by atoms with Crippen LogP contribution in [0.5, 0.6) is 0 Å². The van der Waals surface area contributed by atoms with E-state index in [1.165, 1.54) is 22.3 Å². The zero-order valence-electron chi connectivity index (χ0n) is 20.7. The average molecular weight is 493 g/mol. The Morgan fingerprint density at radius 2 is 1.59 bits per heavy atom. The largest absolute Gasteiger partial charge is 0.448 e. The first-order valence-electron chi connectivity index (χ1n) is 12.8. The number of nitriles is 1. The zero-order valence-corrected chi connectivity index (χ0v) is 20.7. The fourth-order valence-corrected chi connectivity index (χ4v) is 6.27. The predicted molar refractivity (Wildman–Crippen MR) is 138 cm³/mol. The first kappa shape index (κ1) is 23.4. The molecule has 0 aromatic heterocycles. The van der Waals surface area contributed by atoms with Gasteiger partial charge in [0.05, 0.1) is 36.9 Å². The van der Waals surface area contributed by atoms with Crippen molar-refractivity contribution in [3.63, 3.8) is 0 Å². The van der Waals surface area contributed by atoms with Gasteiger partial charge in [-0.1, -0.05) is 54.6 Å². The highest BCUT2D eigenvalue weighted by atomic mass is 16.6. The fraction of sp³-hybridized carbons (Fsp3) is 0.323. The number of ether oxygens (including phenoxy) is 2. The van der Waals surface area contributed by atoms with Gasteiger partial charge in [0, 0.05) is 17.4 Å². The summed E-state index contributed by atoms with van der Waals surface area (Å²) in [5.74, 6) is -0.119. The van der Waals surface area contributed by atoms with E-state index in [2.05, 4.69) is 30.3 Å². The Balaban J connectivity index is 1.16. The second-order valence-electron chi connectivity index (χ2n) is 10.2. The molecule has 2 unspecified atom stereocenters. The minimum atomic E-state index is -0.333. The number of rotatable bonds is 4. The molecule has 0 radical (unpaired) electrons. The topological polar surface area (TPSA) is 79.6 Å². The predicted octanol–water partition coefficient (Wildman–Crippen LogP) is 5.48. The first-order valence-corrected chi connectivity index (χ1v) is 12.8. The summed E-state index contributed by atoms with van der Waals surface area (Å²) in [4.78, 5) is 28.5. The summed E-state index contributed by atoms with van der Waals surface area (Å²) in [6.07, 6.45) is 0.747. The molecule has 37 heavy (non-hydrogen) atoms. The third-order valence-corrected chi connectivity index (χ3v) is 8.07. The number of hydrogen-bond donors (Lipinski definition) is 0. The van der Waals surface area contributed by atoms with E-state index in [1.807, 2.05) is 36.1 Å². The number of Topliss-reactive ketones (excluding diaryl/α,β-unsaturated/α-hetero) is 1. The number of carbonyl (C=O) groups excluding carboxylic acids is 2. The highest BCUT2D eigenvalue weighted by molar-refractivity contribution is 5.98. The van der Waals surface area contributed by atoms with Gasteiger partial charge >= 0.3 is 6.09 Å². The van der Waals surface area contributed by atoms with Crippen molar-refractivity contribution in [3.05, 3.63) is 94.5 Å². The van der Waals surface area contributed by atoms with Gasteiger partial charge < -0.3 is 9.47 Å². The molecule has 0 saturated carbocycles. The number of nitrogens with zero attached hydrogens (tertiary/aromatic N) is 2. The number of aryl methyl sites for hydroxylation is 1. The molecule has 6 nitrogen and oxygen atoms in total. The summed E-state index contributed by atoms with van der Waals surface area (Å²) in [7, 11) is 0. The standard InChI is InChI=1S/C31H28N2O4/c1-19-12-20(10-11-21(19)15-32)30(34)22-13-23-16-36-17-24(14-22)33(23)31(35)37-18-29-27-8-4-2-6-25(27)26-7-3-5-9-28(26)29/h2-12,22-24,29H,13-14,16-18H2,1H3. The second kappa shape index (κ2) is 9.49. The molecule has 0 spiro atoms. The normalized spacial score (nSPS) is 22.1. The summed E-state index contributed by atoms with van der Waals surface area (Å²) < 4.78 is 11.7. The number of morpholine rings is 1. The summed E-state index contributed by atoms with van der Waals surface area (Å²) in [5, 5.41) is 9.20. The van der Waals surface area contributed by atoms with Crippen LogP contribution in [-0.4, -0.2) is 48.7 Å². The molecule has 6 heteroatoms. The van der Waals surface area contributed by atoms with Crippen molar-refractivity contribution in [1.82, 2.24) is 4.90 Å². The lowest BCUT2D eigenvalue weighted by atomic mass is 9.80. The maximum Gasteiger partial charge on any atom is 0.410 e. The fourth-order valence-electron chi connectivity index (χ4n) is 6.27. The van der Waals surface area contributed by atoms with Crippen LogP contribution in [0.3, 0.4) is 0 Å². The molecule has 1 amide bonds. The Morgan fingerprint density at radius 3 is 2.19 bits per heavy atom. The number of fused-ring (bicyclic) bond motifs is 5. The smallest absolute Gasteiger partial charge is 0.410 e. The second-order valence-corrected chi connectivity index (χ2v) is 10.2. The first-order chi connectivity index (χ1) is 18.0. The number of hydrogen-bond acceptors (Lipinski definition) is 5. The number of ketones is 1. The van der Waals surface area contributed by atoms with E-state index in [1.54, 1.807) is 18.2 Å². The molecule has 3 aromatic rings. The van der Waals surface area contributed by atoms with Crippen LogP contribution in [0, 0.1) is 24.2 Å². The number of piperidine rings is 1. The molecule has 2 aliphatic heterocycles. The molecule has 2 fully saturated rings. The van der Waals surface area contributed by atoms with Crippen molar-refractivity contribution in [2.24, 2.45) is 5.92 Å². The third kappa shape index (κ3) is 4.10. The average Bonchev–Trinajstić information content (AvgIpc) is 3.24. The van der Waals surface area contributed by atoms with E-state index in [4.69, 9.17) is 9.47 Å². The number of carbonyl (C=O) groups is 2. The maximum absolute atomic E-state index is 13.4. The van der Waals surface area contributed by atoms with Gasteiger partial charge in [-0.15, -0.1) is 0 Å². The minimum Gasteiger partial charge on any atom is -0.448 e. The Bertz CT molecular complexity index is 1370. The van der Waals surface area contributed by atoms with Crippen molar-refractivity contribution in [3.8, 4) is 17.2 Å². The van der Waals surface area contributed by atoms with Crippen LogP contribution >= 0.6 is 0 Å². The molecule has 3 aliphatic rings. The van der Waals surface area contributed by atoms with Gasteiger partial charge in [0.1, 0.15) is 6.61 Å². The maximum atomic E-state index is 13.4. The van der Waals surface area contributed by atoms with E-state index < -0.39 is 0 Å². The van der Waals surface area contributed by atoms with Crippen LogP contribution in [0.25, 0.3) is 11.1 Å². The summed E-state index contributed by atoms with van der Waals surface area (Å²) in [6, 6.07) is 23.6. The van der Waals surface area contributed by atoms with Gasteiger partial charge in [-0.05, 0) is 59.7 Å². The zero-order chi connectivity index (χ0) is 25.5. The van der Waals surface area contributed by atoms with Crippen molar-refractivity contribution < 1.29 is 19.1 Å². The van der Waals surface area contributed by atoms with Crippen LogP contribution in [-0.2, 0) is 9.47 Å². The van der Waals surface area contributed by atoms with Crippen molar-refractivity contribution in [1.29, 1.82) is 5.26 Å². The molecule has 0 N–H and O–H groups in total. The monoisotopic (exact) mass is 492 g/mol. The lowest BCUT2D eigenvalue weighted by molar-refractivity contribution is -0.0747. The Hall–Kier alpha value is -3.95. The molecule has 2 atom stereocenters. The van der Waals surface area contributed by atoms with E-state index in [0.29, 0.717) is 37.2 Å². The van der Waals surface area contributed by atoms with E-state index in [0.717, 1.165) is 5.56 Å². The number of benzene rings is 3. The molecule has 3 aromatic carbocycles. The molecule has 6 rings (SSSR count). The Labute approximate surface area is 216 Å². The highest BCUT2D eigenvalue weighted by Gasteiger charge is 2.45. The van der Waals surface area contributed by atoms with Gasteiger partial charge in [-0.2, -0.15) is 5.26 Å². The molecule has 1 aliphatic carbocycles. The summed E-state index contributed by atoms with van der Waals surface area (Å²) in [5.41, 5.74) is 6.75.